The first kappa shape index (κ1) is 12.8. The van der Waals surface area contributed by atoms with E-state index in [0.29, 0.717) is 0 Å². The number of rotatable bonds is 3. The average molecular weight is 278 g/mol. The van der Waals surface area contributed by atoms with E-state index >= 15 is 0 Å². The third-order valence-electron chi connectivity index (χ3n) is 3.36. The van der Waals surface area contributed by atoms with Crippen molar-refractivity contribution in [3.63, 3.8) is 0 Å². The molecule has 0 spiro atoms. The van der Waals surface area contributed by atoms with Crippen molar-refractivity contribution < 1.29 is 4.74 Å². The molecule has 2 aromatic heterocycles. The van der Waals surface area contributed by atoms with E-state index in [1.807, 2.05) is 24.9 Å². The van der Waals surface area contributed by atoms with Crippen molar-refractivity contribution in [2.24, 2.45) is 7.05 Å². The molecule has 6 heteroatoms. The van der Waals surface area contributed by atoms with Crippen LogP contribution in [0.25, 0.3) is 0 Å². The van der Waals surface area contributed by atoms with Gasteiger partial charge in [-0.2, -0.15) is 5.10 Å². The number of ether oxygens (including phenoxy) is 1. The van der Waals surface area contributed by atoms with Crippen LogP contribution in [0.4, 0.5) is 0 Å². The van der Waals surface area contributed by atoms with Gasteiger partial charge in [0.05, 0.1) is 36.2 Å². The molecule has 0 aromatic carbocycles. The van der Waals surface area contributed by atoms with Crippen molar-refractivity contribution in [3.8, 4) is 0 Å². The maximum Gasteiger partial charge on any atom is 0.0898 e. The van der Waals surface area contributed by atoms with Crippen molar-refractivity contribution >= 4 is 11.3 Å². The molecule has 1 aliphatic heterocycles. The topological polar surface area (TPSA) is 43.2 Å². The Bertz CT molecular complexity index is 550. The van der Waals surface area contributed by atoms with E-state index < -0.39 is 0 Å². The molecule has 1 saturated heterocycles. The van der Waals surface area contributed by atoms with Crippen molar-refractivity contribution in [2.45, 2.75) is 19.5 Å². The number of aryl methyl sites for hydroxylation is 2. The fourth-order valence-electron chi connectivity index (χ4n) is 2.42. The van der Waals surface area contributed by atoms with Gasteiger partial charge in [0.1, 0.15) is 0 Å². The molecule has 3 heterocycles. The van der Waals surface area contributed by atoms with Crippen LogP contribution < -0.4 is 0 Å². The first-order chi connectivity index (χ1) is 9.22. The minimum atomic E-state index is 0.263. The zero-order valence-electron chi connectivity index (χ0n) is 11.2. The molecule has 3 rings (SSSR count). The number of nitrogens with zero attached hydrogens (tertiary/aromatic N) is 4. The van der Waals surface area contributed by atoms with Crippen LogP contribution >= 0.6 is 11.3 Å². The summed E-state index contributed by atoms with van der Waals surface area (Å²) in [6.07, 6.45) is 4.00. The minimum Gasteiger partial charge on any atom is -0.378 e. The van der Waals surface area contributed by atoms with Gasteiger partial charge in [0.15, 0.2) is 0 Å². The average Bonchev–Trinajstić information content (AvgIpc) is 2.99. The van der Waals surface area contributed by atoms with Crippen LogP contribution in [0.3, 0.4) is 0 Å². The normalized spacial score (nSPS) is 20.8. The van der Waals surface area contributed by atoms with Crippen LogP contribution in [0.1, 0.15) is 22.3 Å². The van der Waals surface area contributed by atoms with E-state index in [9.17, 15) is 0 Å². The molecule has 0 amide bonds. The lowest BCUT2D eigenvalue weighted by atomic mass is 10.1. The highest BCUT2D eigenvalue weighted by Gasteiger charge is 2.26. The lowest BCUT2D eigenvalue weighted by molar-refractivity contribution is -0.0140. The molecule has 1 atom stereocenters. The van der Waals surface area contributed by atoms with Crippen LogP contribution in [0.2, 0.25) is 0 Å². The van der Waals surface area contributed by atoms with Gasteiger partial charge in [-0.3, -0.25) is 9.58 Å². The number of hydrogen-bond acceptors (Lipinski definition) is 5. The van der Waals surface area contributed by atoms with Gasteiger partial charge in [-0.15, -0.1) is 11.3 Å². The Morgan fingerprint density at radius 2 is 2.42 bits per heavy atom. The molecule has 1 fully saturated rings. The van der Waals surface area contributed by atoms with Gasteiger partial charge in [-0.1, -0.05) is 0 Å². The number of morpholine rings is 1. The first-order valence-electron chi connectivity index (χ1n) is 6.44. The lowest BCUT2D eigenvalue weighted by Gasteiger charge is -2.34. The Labute approximate surface area is 116 Å². The Morgan fingerprint density at radius 3 is 3.11 bits per heavy atom. The van der Waals surface area contributed by atoms with Gasteiger partial charge >= 0.3 is 0 Å². The number of thiazole rings is 1. The standard InChI is InChI=1S/C13H18N4OS/c1-10-15-12(9-19-10)13-8-18-4-3-17(13)7-11-5-14-16(2)6-11/h5-6,9,13H,3-4,7-8H2,1-2H3/t13-/m1/s1. The van der Waals surface area contributed by atoms with E-state index in [1.54, 1.807) is 11.3 Å². The van der Waals surface area contributed by atoms with Gasteiger partial charge in [0.2, 0.25) is 0 Å². The van der Waals surface area contributed by atoms with Crippen LogP contribution in [0, 0.1) is 6.92 Å². The maximum atomic E-state index is 5.62. The highest BCUT2D eigenvalue weighted by atomic mass is 32.1. The summed E-state index contributed by atoms with van der Waals surface area (Å²) in [6.45, 7) is 5.40. The van der Waals surface area contributed by atoms with Gasteiger partial charge in [0, 0.05) is 37.3 Å². The molecule has 0 saturated carbocycles. The third kappa shape index (κ3) is 2.86. The van der Waals surface area contributed by atoms with E-state index in [4.69, 9.17) is 4.74 Å². The zero-order valence-corrected chi connectivity index (χ0v) is 12.1. The summed E-state index contributed by atoms with van der Waals surface area (Å²) >= 11 is 1.70. The molecule has 0 unspecified atom stereocenters. The minimum absolute atomic E-state index is 0.263. The van der Waals surface area contributed by atoms with Crippen molar-refractivity contribution in [1.82, 2.24) is 19.7 Å². The van der Waals surface area contributed by atoms with Crippen LogP contribution in [-0.2, 0) is 18.3 Å². The Hall–Kier alpha value is -1.24. The Morgan fingerprint density at radius 1 is 1.53 bits per heavy atom. The van der Waals surface area contributed by atoms with Crippen LogP contribution in [0.5, 0.6) is 0 Å². The summed E-state index contributed by atoms with van der Waals surface area (Å²) in [5.41, 5.74) is 2.37. The first-order valence-corrected chi connectivity index (χ1v) is 7.31. The van der Waals surface area contributed by atoms with Gasteiger partial charge in [-0.25, -0.2) is 4.98 Å². The number of aromatic nitrogens is 3. The van der Waals surface area contributed by atoms with Gasteiger partial charge in [-0.05, 0) is 6.92 Å². The smallest absolute Gasteiger partial charge is 0.0898 e. The van der Waals surface area contributed by atoms with Crippen molar-refractivity contribution in [1.29, 1.82) is 0 Å². The number of hydrogen-bond donors (Lipinski definition) is 0. The molecule has 0 N–H and O–H groups in total. The van der Waals surface area contributed by atoms with E-state index in [1.165, 1.54) is 5.56 Å². The molecular formula is C13H18N4OS. The monoisotopic (exact) mass is 278 g/mol. The molecule has 0 aliphatic carbocycles. The highest BCUT2D eigenvalue weighted by molar-refractivity contribution is 7.09. The molecule has 5 nitrogen and oxygen atoms in total. The second-order valence-electron chi connectivity index (χ2n) is 4.87. The molecule has 0 radical (unpaired) electrons. The summed E-state index contributed by atoms with van der Waals surface area (Å²) < 4.78 is 7.47. The Kier molecular flexibility index (Phi) is 3.63. The predicted octanol–water partition coefficient (Wildman–Crippen LogP) is 1.76. The third-order valence-corrected chi connectivity index (χ3v) is 4.15. The molecule has 2 aromatic rings. The van der Waals surface area contributed by atoms with E-state index in [0.717, 1.165) is 37.0 Å². The van der Waals surface area contributed by atoms with Crippen molar-refractivity contribution in [3.05, 3.63) is 34.0 Å². The second-order valence-corrected chi connectivity index (χ2v) is 5.94. The fourth-order valence-corrected chi connectivity index (χ4v) is 3.08. The van der Waals surface area contributed by atoms with Gasteiger partial charge < -0.3 is 4.74 Å². The lowest BCUT2D eigenvalue weighted by Crippen LogP contribution is -2.39. The summed E-state index contributed by atoms with van der Waals surface area (Å²) in [5.74, 6) is 0. The van der Waals surface area contributed by atoms with Crippen LogP contribution in [0.15, 0.2) is 17.8 Å². The molecular weight excluding hydrogens is 260 g/mol. The van der Waals surface area contributed by atoms with Gasteiger partial charge in [0.25, 0.3) is 0 Å². The molecule has 0 bridgehead atoms. The van der Waals surface area contributed by atoms with E-state index in [2.05, 4.69) is 26.6 Å². The maximum absolute atomic E-state index is 5.62. The predicted molar refractivity (Wildman–Crippen MR) is 74.0 cm³/mol. The second kappa shape index (κ2) is 5.40. The Balaban J connectivity index is 1.77. The molecule has 102 valence electrons. The molecule has 1 aliphatic rings. The molecule has 19 heavy (non-hydrogen) atoms. The highest BCUT2D eigenvalue weighted by Crippen LogP contribution is 2.26. The SMILES string of the molecule is Cc1nc([C@H]2COCCN2Cc2cnn(C)c2)cs1. The summed E-state index contributed by atoms with van der Waals surface area (Å²) in [6, 6.07) is 0.263. The van der Waals surface area contributed by atoms with Crippen LogP contribution in [-0.4, -0.2) is 39.4 Å². The van der Waals surface area contributed by atoms with E-state index in [-0.39, 0.29) is 6.04 Å². The summed E-state index contributed by atoms with van der Waals surface area (Å²) in [4.78, 5) is 7.03. The quantitative estimate of drug-likeness (QED) is 0.858. The summed E-state index contributed by atoms with van der Waals surface area (Å²) in [7, 11) is 1.95. The zero-order chi connectivity index (χ0) is 13.2. The fraction of sp³-hybridized carbons (Fsp3) is 0.538. The summed E-state index contributed by atoms with van der Waals surface area (Å²) in [5, 5.41) is 7.49. The van der Waals surface area contributed by atoms with Crippen molar-refractivity contribution in [2.75, 3.05) is 19.8 Å². The largest absolute Gasteiger partial charge is 0.378 e.